The fourth-order valence-corrected chi connectivity index (χ4v) is 2.25. The first kappa shape index (κ1) is 11.5. The van der Waals surface area contributed by atoms with Crippen molar-refractivity contribution in [2.45, 2.75) is 44.6 Å². The fraction of sp³-hybridized carbons (Fsp3) is 0.571. The van der Waals surface area contributed by atoms with Crippen LogP contribution in [0.25, 0.3) is 0 Å². The van der Waals surface area contributed by atoms with Crippen LogP contribution in [-0.2, 0) is 6.42 Å². The van der Waals surface area contributed by atoms with Crippen molar-refractivity contribution in [3.05, 3.63) is 29.3 Å². The van der Waals surface area contributed by atoms with E-state index in [1.165, 1.54) is 11.1 Å². The van der Waals surface area contributed by atoms with Gasteiger partial charge in [-0.15, -0.1) is 0 Å². The minimum Gasteiger partial charge on any atom is -0.496 e. The van der Waals surface area contributed by atoms with Crippen molar-refractivity contribution in [2.75, 3.05) is 7.11 Å². The molecule has 2 nitrogen and oxygen atoms in total. The van der Waals surface area contributed by atoms with Crippen LogP contribution in [0, 0.1) is 0 Å². The second kappa shape index (κ2) is 4.10. The Kier molecular flexibility index (Phi) is 2.94. The van der Waals surface area contributed by atoms with Crippen molar-refractivity contribution in [3.63, 3.8) is 0 Å². The molecule has 0 amide bonds. The predicted octanol–water partition coefficient (Wildman–Crippen LogP) is 2.89. The molecule has 0 aromatic heterocycles. The van der Waals surface area contributed by atoms with E-state index in [1.54, 1.807) is 7.11 Å². The highest BCUT2D eigenvalue weighted by Gasteiger charge is 2.40. The molecule has 2 rings (SSSR count). The number of ether oxygens (including phenoxy) is 1. The number of benzene rings is 1. The summed E-state index contributed by atoms with van der Waals surface area (Å²) in [7, 11) is 1.71. The van der Waals surface area contributed by atoms with Gasteiger partial charge >= 0.3 is 0 Å². The molecule has 88 valence electrons. The van der Waals surface area contributed by atoms with E-state index < -0.39 is 5.60 Å². The van der Waals surface area contributed by atoms with Crippen LogP contribution in [-0.4, -0.2) is 17.8 Å². The molecule has 1 aromatic rings. The van der Waals surface area contributed by atoms with Crippen LogP contribution in [0.2, 0.25) is 0 Å². The van der Waals surface area contributed by atoms with E-state index in [0.29, 0.717) is 5.92 Å². The lowest BCUT2D eigenvalue weighted by molar-refractivity contribution is 0.150. The van der Waals surface area contributed by atoms with Crippen LogP contribution >= 0.6 is 0 Å². The first-order valence-electron chi connectivity index (χ1n) is 5.94. The molecule has 1 saturated carbocycles. The lowest BCUT2D eigenvalue weighted by Crippen LogP contribution is -2.13. The van der Waals surface area contributed by atoms with Gasteiger partial charge in [0.15, 0.2) is 0 Å². The highest BCUT2D eigenvalue weighted by molar-refractivity contribution is 5.43. The molecule has 2 heteroatoms. The van der Waals surface area contributed by atoms with Crippen molar-refractivity contribution in [3.8, 4) is 5.75 Å². The van der Waals surface area contributed by atoms with Crippen molar-refractivity contribution >= 4 is 0 Å². The molecule has 0 bridgehead atoms. The summed E-state index contributed by atoms with van der Waals surface area (Å²) < 4.78 is 5.40. The standard InChI is InChI=1S/C14H20O2/c1-10(2)13-11(9-14(15)7-8-14)5-4-6-12(13)16-3/h4-6,10,15H,7-9H2,1-3H3. The predicted molar refractivity (Wildman–Crippen MR) is 65.0 cm³/mol. The van der Waals surface area contributed by atoms with Crippen molar-refractivity contribution in [1.29, 1.82) is 0 Å². The first-order valence-corrected chi connectivity index (χ1v) is 5.94. The lowest BCUT2D eigenvalue weighted by Gasteiger charge is -2.18. The Bertz CT molecular complexity index is 378. The van der Waals surface area contributed by atoms with E-state index in [4.69, 9.17) is 4.74 Å². The van der Waals surface area contributed by atoms with Gasteiger partial charge in [0, 0.05) is 6.42 Å². The Morgan fingerprint density at radius 3 is 2.56 bits per heavy atom. The van der Waals surface area contributed by atoms with Gasteiger partial charge in [0.05, 0.1) is 12.7 Å². The number of hydrogen-bond acceptors (Lipinski definition) is 2. The van der Waals surface area contributed by atoms with E-state index in [9.17, 15) is 5.11 Å². The third-order valence-corrected chi connectivity index (χ3v) is 3.30. The van der Waals surface area contributed by atoms with Gasteiger partial charge in [0.1, 0.15) is 5.75 Å². The Hall–Kier alpha value is -1.02. The SMILES string of the molecule is COc1cccc(CC2(O)CC2)c1C(C)C. The van der Waals surface area contributed by atoms with Crippen molar-refractivity contribution in [2.24, 2.45) is 0 Å². The first-order chi connectivity index (χ1) is 7.56. The molecule has 0 radical (unpaired) electrons. The Morgan fingerprint density at radius 2 is 2.06 bits per heavy atom. The van der Waals surface area contributed by atoms with E-state index in [-0.39, 0.29) is 0 Å². The van der Waals surface area contributed by atoms with E-state index in [2.05, 4.69) is 19.9 Å². The zero-order valence-corrected chi connectivity index (χ0v) is 10.3. The molecule has 1 aliphatic carbocycles. The molecular weight excluding hydrogens is 200 g/mol. The zero-order chi connectivity index (χ0) is 11.8. The van der Waals surface area contributed by atoms with Crippen LogP contribution in [0.15, 0.2) is 18.2 Å². The topological polar surface area (TPSA) is 29.5 Å². The summed E-state index contributed by atoms with van der Waals surface area (Å²) in [6, 6.07) is 6.11. The van der Waals surface area contributed by atoms with Gasteiger partial charge < -0.3 is 9.84 Å². The van der Waals surface area contributed by atoms with Crippen LogP contribution in [0.4, 0.5) is 0 Å². The Labute approximate surface area is 97.3 Å². The Morgan fingerprint density at radius 1 is 1.38 bits per heavy atom. The summed E-state index contributed by atoms with van der Waals surface area (Å²) in [5.74, 6) is 1.37. The minimum atomic E-state index is -0.435. The number of hydrogen-bond donors (Lipinski definition) is 1. The summed E-state index contributed by atoms with van der Waals surface area (Å²) in [6.45, 7) is 4.33. The number of aliphatic hydroxyl groups is 1. The average molecular weight is 220 g/mol. The molecule has 1 N–H and O–H groups in total. The third kappa shape index (κ3) is 2.22. The lowest BCUT2D eigenvalue weighted by atomic mass is 9.92. The monoisotopic (exact) mass is 220 g/mol. The minimum absolute atomic E-state index is 0.425. The second-order valence-corrected chi connectivity index (χ2v) is 5.09. The number of rotatable bonds is 4. The zero-order valence-electron chi connectivity index (χ0n) is 10.3. The summed E-state index contributed by atoms with van der Waals surface area (Å²) in [4.78, 5) is 0. The molecule has 0 heterocycles. The highest BCUT2D eigenvalue weighted by Crippen LogP contribution is 2.41. The molecule has 0 atom stereocenters. The van der Waals surface area contributed by atoms with Crippen LogP contribution < -0.4 is 4.74 Å². The molecule has 1 aliphatic rings. The molecule has 0 spiro atoms. The summed E-state index contributed by atoms with van der Waals surface area (Å²) in [6.07, 6.45) is 2.63. The second-order valence-electron chi connectivity index (χ2n) is 5.09. The molecule has 1 aromatic carbocycles. The molecular formula is C14H20O2. The van der Waals surface area contributed by atoms with Crippen molar-refractivity contribution in [1.82, 2.24) is 0 Å². The fourth-order valence-electron chi connectivity index (χ4n) is 2.25. The van der Waals surface area contributed by atoms with Crippen LogP contribution in [0.5, 0.6) is 5.75 Å². The summed E-state index contributed by atoms with van der Waals surface area (Å²) >= 11 is 0. The summed E-state index contributed by atoms with van der Waals surface area (Å²) in [5, 5.41) is 10.0. The highest BCUT2D eigenvalue weighted by atomic mass is 16.5. The van der Waals surface area contributed by atoms with Gasteiger partial charge in [-0.1, -0.05) is 26.0 Å². The molecule has 0 saturated heterocycles. The van der Waals surface area contributed by atoms with Gasteiger partial charge in [-0.2, -0.15) is 0 Å². The number of methoxy groups -OCH3 is 1. The Balaban J connectivity index is 2.35. The van der Waals surface area contributed by atoms with E-state index in [0.717, 1.165) is 25.0 Å². The third-order valence-electron chi connectivity index (χ3n) is 3.30. The maximum atomic E-state index is 10.0. The van der Waals surface area contributed by atoms with Gasteiger partial charge in [0.2, 0.25) is 0 Å². The van der Waals surface area contributed by atoms with Crippen LogP contribution in [0.3, 0.4) is 0 Å². The van der Waals surface area contributed by atoms with Gasteiger partial charge in [-0.25, -0.2) is 0 Å². The van der Waals surface area contributed by atoms with Gasteiger partial charge in [-0.05, 0) is 36.0 Å². The quantitative estimate of drug-likeness (QED) is 0.845. The molecule has 1 fully saturated rings. The van der Waals surface area contributed by atoms with Crippen LogP contribution in [0.1, 0.15) is 43.7 Å². The maximum absolute atomic E-state index is 10.0. The normalized spacial score (nSPS) is 17.6. The van der Waals surface area contributed by atoms with E-state index in [1.807, 2.05) is 12.1 Å². The maximum Gasteiger partial charge on any atom is 0.122 e. The average Bonchev–Trinajstić information content (AvgIpc) is 2.95. The van der Waals surface area contributed by atoms with E-state index >= 15 is 0 Å². The summed E-state index contributed by atoms with van der Waals surface area (Å²) in [5.41, 5.74) is 2.04. The largest absolute Gasteiger partial charge is 0.496 e. The van der Waals surface area contributed by atoms with Gasteiger partial charge in [0.25, 0.3) is 0 Å². The molecule has 16 heavy (non-hydrogen) atoms. The van der Waals surface area contributed by atoms with Crippen molar-refractivity contribution < 1.29 is 9.84 Å². The smallest absolute Gasteiger partial charge is 0.122 e. The molecule has 0 unspecified atom stereocenters. The molecule has 0 aliphatic heterocycles. The van der Waals surface area contributed by atoms with Gasteiger partial charge in [-0.3, -0.25) is 0 Å².